The Morgan fingerprint density at radius 3 is 2.52 bits per heavy atom. The van der Waals surface area contributed by atoms with Crippen molar-refractivity contribution in [2.75, 3.05) is 33.6 Å². The van der Waals surface area contributed by atoms with E-state index < -0.39 is 5.95 Å². The lowest BCUT2D eigenvalue weighted by atomic mass is 10.1. The molecule has 0 bridgehead atoms. The maximum atomic E-state index is 14.5. The predicted molar refractivity (Wildman–Crippen MR) is 123 cm³/mol. The molecule has 3 heterocycles. The van der Waals surface area contributed by atoms with E-state index in [1.54, 1.807) is 57.5 Å². The molecule has 0 radical (unpaired) electrons. The Morgan fingerprint density at radius 1 is 1.06 bits per heavy atom. The van der Waals surface area contributed by atoms with Crippen LogP contribution in [0.15, 0.2) is 36.5 Å². The monoisotopic (exact) mass is 450 g/mol. The van der Waals surface area contributed by atoms with Gasteiger partial charge in [-0.3, -0.25) is 4.79 Å². The number of rotatable bonds is 6. The first kappa shape index (κ1) is 22.0. The second-order valence-electron chi connectivity index (χ2n) is 7.51. The average molecular weight is 450 g/mol. The minimum Gasteiger partial charge on any atom is -0.495 e. The number of nitrogens with one attached hydrogen (secondary N) is 2. The van der Waals surface area contributed by atoms with Crippen LogP contribution in [0.2, 0.25) is 0 Å². The second-order valence-corrected chi connectivity index (χ2v) is 7.51. The van der Waals surface area contributed by atoms with Crippen LogP contribution >= 0.6 is 0 Å². The molecule has 10 heteroatoms. The number of amides is 1. The normalized spacial score (nSPS) is 10.8. The Bertz CT molecular complexity index is 1350. The molecule has 170 valence electrons. The number of ether oxygens (including phenoxy) is 2. The van der Waals surface area contributed by atoms with Gasteiger partial charge in [0.2, 0.25) is 17.8 Å². The maximum Gasteiger partial charge on any atom is 0.253 e. The number of aromatic nitrogens is 4. The fraction of sp³-hybridized carbons (Fsp3) is 0.217. The number of aromatic amines is 1. The van der Waals surface area contributed by atoms with Crippen LogP contribution in [0.4, 0.5) is 16.0 Å². The van der Waals surface area contributed by atoms with Crippen LogP contribution in [-0.2, 0) is 0 Å². The van der Waals surface area contributed by atoms with Gasteiger partial charge in [0.15, 0.2) is 0 Å². The molecule has 0 saturated carbocycles. The summed E-state index contributed by atoms with van der Waals surface area (Å²) in [4.78, 5) is 29.6. The second kappa shape index (κ2) is 8.73. The van der Waals surface area contributed by atoms with Gasteiger partial charge in [0.1, 0.15) is 11.4 Å². The summed E-state index contributed by atoms with van der Waals surface area (Å²) < 4.78 is 25.4. The van der Waals surface area contributed by atoms with Crippen LogP contribution in [0.1, 0.15) is 16.1 Å². The summed E-state index contributed by atoms with van der Waals surface area (Å²) in [5.41, 5.74) is 2.95. The summed E-state index contributed by atoms with van der Waals surface area (Å²) in [6.07, 6.45) is 1.64. The Morgan fingerprint density at radius 2 is 1.85 bits per heavy atom. The number of aryl methyl sites for hydroxylation is 1. The lowest BCUT2D eigenvalue weighted by molar-refractivity contribution is 0.0827. The molecule has 1 aromatic carbocycles. The van der Waals surface area contributed by atoms with Crippen LogP contribution in [0, 0.1) is 12.9 Å². The Kier molecular flexibility index (Phi) is 5.82. The number of anilines is 2. The number of benzene rings is 1. The van der Waals surface area contributed by atoms with E-state index in [0.717, 1.165) is 0 Å². The molecule has 4 aromatic rings. The lowest BCUT2D eigenvalue weighted by Gasteiger charge is -2.14. The number of pyridine rings is 1. The Labute approximate surface area is 189 Å². The number of halogens is 1. The van der Waals surface area contributed by atoms with E-state index in [1.807, 2.05) is 0 Å². The summed E-state index contributed by atoms with van der Waals surface area (Å²) in [6.45, 7) is 1.72. The van der Waals surface area contributed by atoms with Crippen molar-refractivity contribution in [3.63, 3.8) is 0 Å². The number of hydrogen-bond acceptors (Lipinski definition) is 7. The standard InChI is InChI=1S/C23H23FN6O3/c1-12-6-8-14(19(24)26-12)15-11-25-20-18(15)21(33-5)29-23(28-20)27-16-9-7-13(10-17(16)32-4)22(31)30(2)3/h6-11H,1-5H3,(H2,25,27,28,29). The molecule has 0 aliphatic rings. The van der Waals surface area contributed by atoms with Crippen LogP contribution in [-0.4, -0.2) is 59.1 Å². The van der Waals surface area contributed by atoms with E-state index in [0.29, 0.717) is 44.9 Å². The third kappa shape index (κ3) is 4.14. The van der Waals surface area contributed by atoms with Gasteiger partial charge in [0, 0.05) is 42.7 Å². The molecule has 3 aromatic heterocycles. The molecule has 0 unspecified atom stereocenters. The molecular formula is C23H23FN6O3. The zero-order valence-corrected chi connectivity index (χ0v) is 18.9. The largest absolute Gasteiger partial charge is 0.495 e. The predicted octanol–water partition coefficient (Wildman–Crippen LogP) is 3.93. The molecule has 0 spiro atoms. The highest BCUT2D eigenvalue weighted by Crippen LogP contribution is 2.36. The molecule has 9 nitrogen and oxygen atoms in total. The fourth-order valence-corrected chi connectivity index (χ4v) is 3.45. The highest BCUT2D eigenvalue weighted by Gasteiger charge is 2.19. The number of H-pyrrole nitrogens is 1. The first-order valence-corrected chi connectivity index (χ1v) is 10.1. The highest BCUT2D eigenvalue weighted by molar-refractivity contribution is 5.98. The first-order chi connectivity index (χ1) is 15.8. The van der Waals surface area contributed by atoms with Crippen molar-refractivity contribution in [1.82, 2.24) is 24.8 Å². The number of fused-ring (bicyclic) bond motifs is 1. The van der Waals surface area contributed by atoms with Crippen molar-refractivity contribution in [2.45, 2.75) is 6.92 Å². The van der Waals surface area contributed by atoms with E-state index in [1.165, 1.54) is 19.1 Å². The Hall–Kier alpha value is -4.21. The summed E-state index contributed by atoms with van der Waals surface area (Å²) in [5, 5.41) is 3.63. The van der Waals surface area contributed by atoms with E-state index in [-0.39, 0.29) is 17.7 Å². The van der Waals surface area contributed by atoms with Gasteiger partial charge in [0.05, 0.1) is 25.3 Å². The maximum absolute atomic E-state index is 14.5. The summed E-state index contributed by atoms with van der Waals surface area (Å²) in [5.74, 6) is 0.218. The SMILES string of the molecule is COc1cc(C(=O)N(C)C)ccc1Nc1nc(OC)c2c(-c3ccc(C)nc3F)c[nH]c2n1. The van der Waals surface area contributed by atoms with Crippen molar-refractivity contribution in [2.24, 2.45) is 0 Å². The quantitative estimate of drug-likeness (QED) is 0.429. The third-order valence-electron chi connectivity index (χ3n) is 5.07. The molecule has 1 amide bonds. The summed E-state index contributed by atoms with van der Waals surface area (Å²) >= 11 is 0. The zero-order chi connectivity index (χ0) is 23.7. The van der Waals surface area contributed by atoms with Crippen LogP contribution in [0.5, 0.6) is 11.6 Å². The van der Waals surface area contributed by atoms with E-state index in [4.69, 9.17) is 9.47 Å². The fourth-order valence-electron chi connectivity index (χ4n) is 3.45. The molecular weight excluding hydrogens is 427 g/mol. The molecule has 0 saturated heterocycles. The Balaban J connectivity index is 1.74. The lowest BCUT2D eigenvalue weighted by Crippen LogP contribution is -2.21. The average Bonchev–Trinajstić information content (AvgIpc) is 3.22. The molecule has 33 heavy (non-hydrogen) atoms. The van der Waals surface area contributed by atoms with Gasteiger partial charge < -0.3 is 24.7 Å². The van der Waals surface area contributed by atoms with Gasteiger partial charge in [-0.1, -0.05) is 0 Å². The molecule has 0 aliphatic heterocycles. The highest BCUT2D eigenvalue weighted by atomic mass is 19.1. The van der Waals surface area contributed by atoms with Crippen molar-refractivity contribution in [3.05, 3.63) is 53.7 Å². The number of carbonyl (C=O) groups excluding carboxylic acids is 1. The van der Waals surface area contributed by atoms with Crippen molar-refractivity contribution >= 4 is 28.6 Å². The van der Waals surface area contributed by atoms with Gasteiger partial charge in [0.25, 0.3) is 5.91 Å². The van der Waals surface area contributed by atoms with Gasteiger partial charge in [-0.05, 0) is 37.3 Å². The van der Waals surface area contributed by atoms with E-state index in [9.17, 15) is 9.18 Å². The van der Waals surface area contributed by atoms with Crippen LogP contribution in [0.3, 0.4) is 0 Å². The topological polar surface area (TPSA) is 105 Å². The van der Waals surface area contributed by atoms with Gasteiger partial charge >= 0.3 is 0 Å². The van der Waals surface area contributed by atoms with Crippen molar-refractivity contribution in [1.29, 1.82) is 0 Å². The molecule has 0 aliphatic carbocycles. The minimum atomic E-state index is -0.586. The minimum absolute atomic E-state index is 0.143. The number of nitrogens with zero attached hydrogens (tertiary/aromatic N) is 4. The van der Waals surface area contributed by atoms with Gasteiger partial charge in [-0.25, -0.2) is 4.98 Å². The molecule has 2 N–H and O–H groups in total. The first-order valence-electron chi connectivity index (χ1n) is 10.1. The molecule has 0 atom stereocenters. The van der Waals surface area contributed by atoms with Crippen molar-refractivity contribution in [3.8, 4) is 22.8 Å². The van der Waals surface area contributed by atoms with Crippen molar-refractivity contribution < 1.29 is 18.7 Å². The van der Waals surface area contributed by atoms with Gasteiger partial charge in [-0.2, -0.15) is 14.4 Å². The molecule has 0 fully saturated rings. The summed E-state index contributed by atoms with van der Waals surface area (Å²) in [6, 6.07) is 8.43. The molecule has 4 rings (SSSR count). The summed E-state index contributed by atoms with van der Waals surface area (Å²) in [7, 11) is 6.35. The number of carbonyl (C=O) groups is 1. The van der Waals surface area contributed by atoms with E-state index in [2.05, 4.69) is 25.3 Å². The number of methoxy groups -OCH3 is 2. The zero-order valence-electron chi connectivity index (χ0n) is 18.9. The van der Waals surface area contributed by atoms with E-state index >= 15 is 0 Å². The van der Waals surface area contributed by atoms with Crippen LogP contribution in [0.25, 0.3) is 22.2 Å². The van der Waals surface area contributed by atoms with Gasteiger partial charge in [-0.15, -0.1) is 0 Å². The smallest absolute Gasteiger partial charge is 0.253 e. The number of hydrogen-bond donors (Lipinski definition) is 2. The third-order valence-corrected chi connectivity index (χ3v) is 5.07. The van der Waals surface area contributed by atoms with Crippen LogP contribution < -0.4 is 14.8 Å².